The number of amides is 3. The zero-order valence-electron chi connectivity index (χ0n) is 70.0. The minimum absolute atomic E-state index is 0.0698. The molecular formula is C69H102F3N18O27P3S3. The summed E-state index contributed by atoms with van der Waals surface area (Å²) in [6, 6.07) is 0. The van der Waals surface area contributed by atoms with E-state index in [1.807, 2.05) is 0 Å². The van der Waals surface area contributed by atoms with Crippen LogP contribution in [0.4, 0.5) is 45.4 Å². The van der Waals surface area contributed by atoms with Crippen LogP contribution in [0.1, 0.15) is 123 Å². The molecule has 6 aliphatic heterocycles. The largest absolute Gasteiger partial charge is 0.476 e. The van der Waals surface area contributed by atoms with Crippen molar-refractivity contribution in [1.82, 2.24) is 74.5 Å². The van der Waals surface area contributed by atoms with Gasteiger partial charge in [-0.3, -0.25) is 68.8 Å². The van der Waals surface area contributed by atoms with E-state index in [1.165, 1.54) is 53.5 Å². The first-order valence-electron chi connectivity index (χ1n) is 38.8. The Labute approximate surface area is 716 Å². The first kappa shape index (κ1) is 97.5. The second-order valence-corrected chi connectivity index (χ2v) is 38.1. The number of nitrogens with two attached hydrogens (primary N) is 3. The second kappa shape index (κ2) is 40.5. The lowest BCUT2D eigenvalue weighted by molar-refractivity contribution is -0.118. The highest BCUT2D eigenvalue weighted by Crippen LogP contribution is 2.63. The second-order valence-electron chi connectivity index (χ2n) is 30.1. The molecule has 6 saturated heterocycles. The monoisotopic (exact) mass is 1860 g/mol. The highest BCUT2D eigenvalue weighted by Gasteiger charge is 2.65. The average molecular weight is 1860 g/mol. The van der Waals surface area contributed by atoms with Crippen LogP contribution in [0.2, 0.25) is 0 Å². The Morgan fingerprint density at radius 1 is 0.447 bits per heavy atom. The van der Waals surface area contributed by atoms with Gasteiger partial charge in [0.2, 0.25) is 35.5 Å². The van der Waals surface area contributed by atoms with Crippen LogP contribution in [0, 0.1) is 16.2 Å². The summed E-state index contributed by atoms with van der Waals surface area (Å²) in [7, 11) is -12.5. The number of imidazole rings is 3. The van der Waals surface area contributed by atoms with E-state index in [2.05, 4.69) is 60.8 Å². The van der Waals surface area contributed by atoms with E-state index >= 15 is 13.2 Å². The van der Waals surface area contributed by atoms with Gasteiger partial charge in [-0.1, -0.05) is 76.8 Å². The van der Waals surface area contributed by atoms with Crippen LogP contribution in [-0.2, 0) is 97.2 Å². The molecular weight excluding hydrogens is 1760 g/mol. The summed E-state index contributed by atoms with van der Waals surface area (Å²) in [6.07, 6.45) is -8.34. The minimum Gasteiger partial charge on any atom is -0.476 e. The number of hydrogen-bond acceptors (Lipinski definition) is 42. The van der Waals surface area contributed by atoms with E-state index in [0.29, 0.717) is 19.8 Å². The lowest BCUT2D eigenvalue weighted by atomic mass is 9.96. The summed E-state index contributed by atoms with van der Waals surface area (Å²) >= 11 is 2.79. The molecule has 3 amide bonds. The van der Waals surface area contributed by atoms with Crippen molar-refractivity contribution in [3.05, 3.63) is 19.0 Å². The van der Waals surface area contributed by atoms with E-state index in [9.17, 15) is 42.5 Å². The molecule has 54 heteroatoms. The Kier molecular flexibility index (Phi) is 32.1. The lowest BCUT2D eigenvalue weighted by Crippen LogP contribution is -2.44. The predicted molar refractivity (Wildman–Crippen MR) is 435 cm³/mol. The number of alkyl carbamates (subject to hydrolysis) is 3. The van der Waals surface area contributed by atoms with E-state index < -0.39 is 130 Å². The summed E-state index contributed by atoms with van der Waals surface area (Å²) < 4.78 is 190. The maximum Gasteiger partial charge on any atom is 0.475 e. The summed E-state index contributed by atoms with van der Waals surface area (Å²) in [5, 5.41) is 6.92. The molecule has 0 bridgehead atoms. The third-order valence-corrected chi connectivity index (χ3v) is 26.9. The molecule has 12 rings (SSSR count). The molecule has 15 atom stereocenters. The maximum absolute atomic E-state index is 16.3. The number of nitrogens with one attached hydrogen (secondary N) is 3. The van der Waals surface area contributed by atoms with Crippen LogP contribution in [0.25, 0.3) is 33.5 Å². The molecule has 684 valence electrons. The van der Waals surface area contributed by atoms with Crippen molar-refractivity contribution in [3.63, 3.8) is 0 Å². The maximum atomic E-state index is 16.3. The number of phosphoric ester groups is 3. The van der Waals surface area contributed by atoms with E-state index in [0.717, 1.165) is 35.3 Å². The Balaban J connectivity index is 0.000000193. The third-order valence-electron chi connectivity index (χ3n) is 19.0. The molecule has 6 aromatic rings. The van der Waals surface area contributed by atoms with Crippen molar-refractivity contribution in [2.75, 3.05) is 133 Å². The molecule has 9 N–H and O–H groups in total. The topological polar surface area (TPSA) is 565 Å². The fraction of sp³-hybridized carbons (Fsp3) is 0.696. The summed E-state index contributed by atoms with van der Waals surface area (Å²) in [6.45, 7) is 24.6. The summed E-state index contributed by atoms with van der Waals surface area (Å²) in [5.74, 6) is 0.518. The zero-order valence-corrected chi connectivity index (χ0v) is 75.1. The van der Waals surface area contributed by atoms with Crippen molar-refractivity contribution < 1.29 is 139 Å². The Morgan fingerprint density at radius 3 is 0.935 bits per heavy atom. The van der Waals surface area contributed by atoms with Gasteiger partial charge in [-0.15, -0.1) is 0 Å². The molecule has 6 fully saturated rings. The average Bonchev–Trinajstić information content (AvgIpc) is 1.56. The van der Waals surface area contributed by atoms with E-state index in [1.54, 1.807) is 83.1 Å². The standard InChI is InChI=1S/3C23H34FN6O9PS/c3*1-6-34-17-14-16(28-20(25)29-17)30(12-27-14)18-23(5,24)15-13(38-18)10-37-40(33,39-15)36-8-9-41-19(31)22(3,4)11-26-21(32)35-7-2/h3*12-13,15,18H,6-11H2,1-5H3,(H,26,32)(H2,25,28,29)/t13-,15-,18-,23-,40?;13-,15-,18-,23-,40+;13-,15-,18-,23-,40-/m111/s1. The molecule has 0 saturated carbocycles. The number of nitrogen functional groups attached to an aromatic ring is 3. The number of rotatable bonds is 33. The number of aromatic nitrogens is 12. The number of nitrogens with zero attached hydrogens (tertiary/aromatic N) is 12. The quantitative estimate of drug-likeness (QED) is 0.0127. The number of anilines is 3. The van der Waals surface area contributed by atoms with Crippen molar-refractivity contribution >= 4 is 144 Å². The molecule has 0 aromatic carbocycles. The molecule has 1 unspecified atom stereocenters. The Bertz CT molecular complexity index is 4450. The van der Waals surface area contributed by atoms with Gasteiger partial charge in [0.05, 0.1) is 115 Å². The fourth-order valence-electron chi connectivity index (χ4n) is 12.8. The van der Waals surface area contributed by atoms with Crippen molar-refractivity contribution in [3.8, 4) is 17.6 Å². The molecule has 12 heterocycles. The normalized spacial score (nSPS) is 27.9. The first-order chi connectivity index (χ1) is 57.9. The van der Waals surface area contributed by atoms with Gasteiger partial charge >= 0.3 is 41.7 Å². The number of carbonyl (C=O) groups excluding carboxylic acids is 6. The number of ether oxygens (including phenoxy) is 9. The van der Waals surface area contributed by atoms with Gasteiger partial charge in [-0.2, -0.15) is 29.9 Å². The van der Waals surface area contributed by atoms with Gasteiger partial charge in [0.1, 0.15) is 36.6 Å². The van der Waals surface area contributed by atoms with Crippen LogP contribution >= 0.6 is 58.8 Å². The number of carbonyl (C=O) groups is 6. The molecule has 45 nitrogen and oxygen atoms in total. The number of phosphoric acid groups is 3. The number of fused-ring (bicyclic) bond motifs is 6. The fourth-order valence-corrected chi connectivity index (χ4v) is 20.0. The molecule has 0 radical (unpaired) electrons. The van der Waals surface area contributed by atoms with Crippen LogP contribution in [0.5, 0.6) is 17.6 Å². The smallest absolute Gasteiger partial charge is 0.475 e. The SMILES string of the molecule is CCOC(=O)NCC(C)(C)C(=O)SCCOP1(=O)OC[C@H]2O[C@@H](n3cnc4c(OCC)nc(N)nc43)[C@](C)(F)[C@@H]2O1.CCOC(=O)NCC(C)(C)C(=O)SCCO[P@@]1(=O)OC[C@H]2O[C@@H](n3cnc4c(OCC)nc(N)nc43)[C@](C)(F)[C@@H]2O1.CCOC(=O)NCC(C)(C)C(=O)SCCO[P@]1(=O)OC[C@H]2O[C@@H](n3cnc4c(OCC)nc(N)nc43)[C@](C)(F)[C@@H]2O1. The minimum atomic E-state index is -4.18. The van der Waals surface area contributed by atoms with Crippen LogP contribution in [-0.4, -0.2) is 262 Å². The van der Waals surface area contributed by atoms with Gasteiger partial charge in [-0.05, 0) is 62.3 Å². The van der Waals surface area contributed by atoms with Gasteiger partial charge < -0.3 is 75.8 Å². The van der Waals surface area contributed by atoms with Gasteiger partial charge in [0.15, 0.2) is 84.5 Å². The first-order valence-corrected chi connectivity index (χ1v) is 46.1. The van der Waals surface area contributed by atoms with Crippen molar-refractivity contribution in [2.24, 2.45) is 16.2 Å². The Hall–Kier alpha value is -7.68. The van der Waals surface area contributed by atoms with Gasteiger partial charge in [0, 0.05) is 36.9 Å². The molecule has 6 aliphatic rings. The third kappa shape index (κ3) is 23.0. The van der Waals surface area contributed by atoms with Crippen LogP contribution in [0.3, 0.4) is 0 Å². The molecule has 6 aromatic heterocycles. The van der Waals surface area contributed by atoms with Gasteiger partial charge in [-0.25, -0.2) is 56.2 Å². The van der Waals surface area contributed by atoms with E-state index in [4.69, 9.17) is 101 Å². The predicted octanol–water partition coefficient (Wildman–Crippen LogP) is 9.02. The van der Waals surface area contributed by atoms with Crippen LogP contribution in [0.15, 0.2) is 19.0 Å². The molecule has 0 aliphatic carbocycles. The van der Waals surface area contributed by atoms with Crippen molar-refractivity contribution in [1.29, 1.82) is 0 Å². The number of halogens is 3. The summed E-state index contributed by atoms with van der Waals surface area (Å²) in [4.78, 5) is 110. The summed E-state index contributed by atoms with van der Waals surface area (Å²) in [5.41, 5.74) is 9.52. The highest BCUT2D eigenvalue weighted by atomic mass is 32.2. The Morgan fingerprint density at radius 2 is 0.699 bits per heavy atom. The lowest BCUT2D eigenvalue weighted by Gasteiger charge is -2.33. The highest BCUT2D eigenvalue weighted by molar-refractivity contribution is 8.14. The zero-order chi connectivity index (χ0) is 90.0. The molecule has 0 spiro atoms. The van der Waals surface area contributed by atoms with Gasteiger partial charge in [0.25, 0.3) is 0 Å². The number of thioether (sulfide) groups is 3. The molecule has 123 heavy (non-hydrogen) atoms. The van der Waals surface area contributed by atoms with Crippen molar-refractivity contribution in [2.45, 2.75) is 176 Å². The van der Waals surface area contributed by atoms with E-state index in [-0.39, 0.29) is 181 Å². The van der Waals surface area contributed by atoms with Crippen LogP contribution < -0.4 is 47.4 Å². The number of alkyl halides is 3. The number of hydrogen-bond donors (Lipinski definition) is 6.